The molecule has 0 bridgehead atoms. The van der Waals surface area contributed by atoms with Crippen LogP contribution < -0.4 is 5.73 Å². The third-order valence-corrected chi connectivity index (χ3v) is 5.21. The summed E-state index contributed by atoms with van der Waals surface area (Å²) in [5, 5.41) is 6.71. The van der Waals surface area contributed by atoms with Gasteiger partial charge >= 0.3 is 0 Å². The van der Waals surface area contributed by atoms with Crippen LogP contribution in [0.25, 0.3) is 0 Å². The second-order valence-corrected chi connectivity index (χ2v) is 6.46. The van der Waals surface area contributed by atoms with Crippen molar-refractivity contribution in [1.29, 1.82) is 0 Å². The van der Waals surface area contributed by atoms with Crippen LogP contribution in [0.1, 0.15) is 61.0 Å². The maximum atomic E-state index is 12.6. The number of rotatable bonds is 1. The number of H-pyrrole nitrogens is 1. The number of carbonyl (C=O) groups is 1. The van der Waals surface area contributed by atoms with E-state index in [-0.39, 0.29) is 5.91 Å². The molecule has 5 heteroatoms. The minimum atomic E-state index is 0.0411. The van der Waals surface area contributed by atoms with Crippen LogP contribution in [0.3, 0.4) is 0 Å². The van der Waals surface area contributed by atoms with Crippen molar-refractivity contribution in [2.45, 2.75) is 51.9 Å². The highest BCUT2D eigenvalue weighted by atomic mass is 16.2. The van der Waals surface area contributed by atoms with Crippen LogP contribution in [-0.4, -0.2) is 34.1 Å². The van der Waals surface area contributed by atoms with Crippen molar-refractivity contribution in [1.82, 2.24) is 15.1 Å². The molecule has 1 aromatic heterocycles. The SMILES string of the molecule is Cc1[nH]nc(N)c1C(=O)N1CCC2(CCCCC2)CC1. The Kier molecular flexibility index (Phi) is 3.44. The number of nitrogen functional groups attached to an aromatic ring is 1. The van der Waals surface area contributed by atoms with Gasteiger partial charge in [0.25, 0.3) is 5.91 Å². The molecule has 2 aliphatic rings. The Morgan fingerprint density at radius 2 is 1.85 bits per heavy atom. The Labute approximate surface area is 119 Å². The second-order valence-electron chi connectivity index (χ2n) is 6.46. The zero-order chi connectivity index (χ0) is 14.2. The predicted octanol–water partition coefficient (Wildman–Crippen LogP) is 2.49. The molecule has 110 valence electrons. The maximum Gasteiger partial charge on any atom is 0.259 e. The molecule has 0 atom stereocenters. The van der Waals surface area contributed by atoms with Gasteiger partial charge in [-0.05, 0) is 38.0 Å². The van der Waals surface area contributed by atoms with E-state index in [0.29, 0.717) is 16.8 Å². The molecule has 3 rings (SSSR count). The van der Waals surface area contributed by atoms with Crippen LogP contribution in [0.15, 0.2) is 0 Å². The highest BCUT2D eigenvalue weighted by Crippen LogP contribution is 2.44. The topological polar surface area (TPSA) is 75.0 Å². The predicted molar refractivity (Wildman–Crippen MR) is 78.4 cm³/mol. The molecule has 1 amide bonds. The van der Waals surface area contributed by atoms with Gasteiger partial charge < -0.3 is 10.6 Å². The van der Waals surface area contributed by atoms with Crippen LogP contribution in [0.5, 0.6) is 0 Å². The standard InChI is InChI=1S/C15H24N4O/c1-11-12(13(16)18-17-11)14(20)19-9-7-15(8-10-19)5-3-2-4-6-15/h2-10H2,1H3,(H3,16,17,18). The van der Waals surface area contributed by atoms with Gasteiger partial charge in [0.05, 0.1) is 0 Å². The molecule has 2 fully saturated rings. The molecule has 1 spiro atoms. The number of piperidine rings is 1. The summed E-state index contributed by atoms with van der Waals surface area (Å²) in [5.74, 6) is 0.366. The van der Waals surface area contributed by atoms with E-state index in [1.54, 1.807) is 0 Å². The van der Waals surface area contributed by atoms with Crippen LogP contribution in [0.4, 0.5) is 5.82 Å². The van der Waals surface area contributed by atoms with E-state index in [1.165, 1.54) is 32.1 Å². The first-order chi connectivity index (χ1) is 9.61. The number of amides is 1. The summed E-state index contributed by atoms with van der Waals surface area (Å²) < 4.78 is 0. The number of aromatic nitrogens is 2. The van der Waals surface area contributed by atoms with E-state index >= 15 is 0 Å². The average Bonchev–Trinajstić information content (AvgIpc) is 2.79. The van der Waals surface area contributed by atoms with Crippen LogP contribution >= 0.6 is 0 Å². The number of anilines is 1. The van der Waals surface area contributed by atoms with Crippen LogP contribution in [0, 0.1) is 12.3 Å². The van der Waals surface area contributed by atoms with Gasteiger partial charge in [0, 0.05) is 18.8 Å². The van der Waals surface area contributed by atoms with Gasteiger partial charge in [0.1, 0.15) is 5.56 Å². The fourth-order valence-electron chi connectivity index (χ4n) is 3.86. The van der Waals surface area contributed by atoms with Gasteiger partial charge in [-0.3, -0.25) is 9.89 Å². The van der Waals surface area contributed by atoms with Crippen molar-refractivity contribution in [3.05, 3.63) is 11.3 Å². The summed E-state index contributed by atoms with van der Waals surface area (Å²) >= 11 is 0. The molecule has 1 saturated carbocycles. The van der Waals surface area contributed by atoms with Crippen molar-refractivity contribution in [2.75, 3.05) is 18.8 Å². The number of hydrogen-bond donors (Lipinski definition) is 2. The van der Waals surface area contributed by atoms with Gasteiger partial charge in [0.2, 0.25) is 0 Å². The number of likely N-dealkylation sites (tertiary alicyclic amines) is 1. The van der Waals surface area contributed by atoms with E-state index in [0.717, 1.165) is 31.6 Å². The molecule has 2 heterocycles. The van der Waals surface area contributed by atoms with E-state index in [2.05, 4.69) is 10.2 Å². The highest BCUT2D eigenvalue weighted by Gasteiger charge is 2.37. The van der Waals surface area contributed by atoms with Gasteiger partial charge in [-0.2, -0.15) is 5.10 Å². The zero-order valence-corrected chi connectivity index (χ0v) is 12.2. The summed E-state index contributed by atoms with van der Waals surface area (Å²) in [6.45, 7) is 3.58. The second kappa shape index (κ2) is 5.11. The summed E-state index contributed by atoms with van der Waals surface area (Å²) in [6, 6.07) is 0. The number of nitrogens with zero attached hydrogens (tertiary/aromatic N) is 2. The lowest BCUT2D eigenvalue weighted by molar-refractivity contribution is 0.0472. The summed E-state index contributed by atoms with van der Waals surface area (Å²) in [5.41, 5.74) is 7.64. The molecule has 1 aliphatic carbocycles. The summed E-state index contributed by atoms with van der Waals surface area (Å²) in [7, 11) is 0. The average molecular weight is 276 g/mol. The fraction of sp³-hybridized carbons (Fsp3) is 0.733. The lowest BCUT2D eigenvalue weighted by atomic mass is 9.68. The first-order valence-corrected chi connectivity index (χ1v) is 7.71. The van der Waals surface area contributed by atoms with Gasteiger partial charge in [0.15, 0.2) is 5.82 Å². The molecule has 0 unspecified atom stereocenters. The third kappa shape index (κ3) is 2.30. The number of nitrogens with two attached hydrogens (primary N) is 1. The van der Waals surface area contributed by atoms with Gasteiger partial charge in [-0.15, -0.1) is 0 Å². The molecule has 1 aliphatic heterocycles. The van der Waals surface area contributed by atoms with Crippen molar-refractivity contribution in [3.63, 3.8) is 0 Å². The molecule has 5 nitrogen and oxygen atoms in total. The lowest BCUT2D eigenvalue weighted by Gasteiger charge is -2.44. The number of aromatic amines is 1. The molecule has 0 radical (unpaired) electrons. The Bertz CT molecular complexity index is 472. The molecular weight excluding hydrogens is 252 g/mol. The van der Waals surface area contributed by atoms with E-state index in [9.17, 15) is 4.79 Å². The number of hydrogen-bond acceptors (Lipinski definition) is 3. The minimum absolute atomic E-state index is 0.0411. The van der Waals surface area contributed by atoms with Gasteiger partial charge in [-0.1, -0.05) is 19.3 Å². The van der Waals surface area contributed by atoms with Crippen molar-refractivity contribution >= 4 is 11.7 Å². The molecule has 3 N–H and O–H groups in total. The first-order valence-electron chi connectivity index (χ1n) is 7.71. The number of nitrogens with one attached hydrogen (secondary N) is 1. The van der Waals surface area contributed by atoms with Crippen LogP contribution in [0.2, 0.25) is 0 Å². The monoisotopic (exact) mass is 276 g/mol. The highest BCUT2D eigenvalue weighted by molar-refractivity contribution is 5.99. The first kappa shape index (κ1) is 13.5. The zero-order valence-electron chi connectivity index (χ0n) is 12.2. The van der Waals surface area contributed by atoms with Gasteiger partial charge in [-0.25, -0.2) is 0 Å². The third-order valence-electron chi connectivity index (χ3n) is 5.21. The Hall–Kier alpha value is -1.52. The molecule has 1 saturated heterocycles. The van der Waals surface area contributed by atoms with E-state index in [1.807, 2.05) is 11.8 Å². The number of aryl methyl sites for hydroxylation is 1. The molecular formula is C15H24N4O. The van der Waals surface area contributed by atoms with Crippen molar-refractivity contribution < 1.29 is 4.79 Å². The Morgan fingerprint density at radius 3 is 2.40 bits per heavy atom. The van der Waals surface area contributed by atoms with Crippen LogP contribution in [-0.2, 0) is 0 Å². The summed E-state index contributed by atoms with van der Waals surface area (Å²) in [6.07, 6.45) is 9.10. The quantitative estimate of drug-likeness (QED) is 0.827. The number of carbonyl (C=O) groups excluding carboxylic acids is 1. The maximum absolute atomic E-state index is 12.6. The Balaban J connectivity index is 1.67. The fourth-order valence-corrected chi connectivity index (χ4v) is 3.86. The minimum Gasteiger partial charge on any atom is -0.382 e. The van der Waals surface area contributed by atoms with Crippen molar-refractivity contribution in [3.8, 4) is 0 Å². The van der Waals surface area contributed by atoms with E-state index < -0.39 is 0 Å². The normalized spacial score (nSPS) is 22.1. The lowest BCUT2D eigenvalue weighted by Crippen LogP contribution is -2.44. The van der Waals surface area contributed by atoms with Crippen molar-refractivity contribution in [2.24, 2.45) is 5.41 Å². The Morgan fingerprint density at radius 1 is 1.20 bits per heavy atom. The summed E-state index contributed by atoms with van der Waals surface area (Å²) in [4.78, 5) is 14.5. The largest absolute Gasteiger partial charge is 0.382 e. The molecule has 0 aromatic carbocycles. The molecule has 20 heavy (non-hydrogen) atoms. The smallest absolute Gasteiger partial charge is 0.259 e. The molecule has 1 aromatic rings. The van der Waals surface area contributed by atoms with E-state index in [4.69, 9.17) is 5.73 Å².